The number of aromatic nitrogens is 1. The third-order valence-corrected chi connectivity index (χ3v) is 7.12. The molecule has 0 bridgehead atoms. The van der Waals surface area contributed by atoms with Crippen LogP contribution in [0.4, 0.5) is 4.79 Å². The molecule has 0 saturated carbocycles. The lowest BCUT2D eigenvalue weighted by atomic mass is 10.0. The predicted octanol–water partition coefficient (Wildman–Crippen LogP) is 1.87. The average Bonchev–Trinajstić information content (AvgIpc) is 2.82. The summed E-state index contributed by atoms with van der Waals surface area (Å²) < 4.78 is 32.1. The lowest BCUT2D eigenvalue weighted by Crippen LogP contribution is -2.57. The average molecular weight is 461 g/mol. The standard InChI is InChI=1S/C22H28N4O5S/c1-17(2)20(24-22(28)31-16-18-7-4-3-5-8-18)21(27)25-11-13-26(14-12-25)32(29,30)19-9-6-10-23-15-19/h3-10,15,17,20H,11-14,16H2,1-2H3,(H,24,28)/t20-/m0/s1. The van der Waals surface area contributed by atoms with E-state index in [-0.39, 0.29) is 49.5 Å². The van der Waals surface area contributed by atoms with Gasteiger partial charge in [0.15, 0.2) is 0 Å². The second-order valence-corrected chi connectivity index (χ2v) is 9.78. The van der Waals surface area contributed by atoms with Crippen molar-refractivity contribution in [1.82, 2.24) is 19.5 Å². The number of rotatable bonds is 7. The number of pyridine rings is 1. The van der Waals surface area contributed by atoms with E-state index >= 15 is 0 Å². The summed E-state index contributed by atoms with van der Waals surface area (Å²) in [4.78, 5) is 30.9. The van der Waals surface area contributed by atoms with Gasteiger partial charge in [-0.25, -0.2) is 13.2 Å². The van der Waals surface area contributed by atoms with Gasteiger partial charge in [-0.3, -0.25) is 9.78 Å². The van der Waals surface area contributed by atoms with Gasteiger partial charge in [-0.1, -0.05) is 44.2 Å². The van der Waals surface area contributed by atoms with Crippen molar-refractivity contribution < 1.29 is 22.7 Å². The summed E-state index contributed by atoms with van der Waals surface area (Å²) >= 11 is 0. The molecule has 1 atom stereocenters. The van der Waals surface area contributed by atoms with E-state index in [1.54, 1.807) is 11.0 Å². The molecule has 1 saturated heterocycles. The molecule has 1 aliphatic rings. The second-order valence-electron chi connectivity index (χ2n) is 7.85. The molecule has 1 aromatic heterocycles. The SMILES string of the molecule is CC(C)[C@H](NC(=O)OCc1ccccc1)C(=O)N1CCN(S(=O)(=O)c2cccnc2)CC1. The molecular weight excluding hydrogens is 432 g/mol. The maximum Gasteiger partial charge on any atom is 0.408 e. The molecule has 2 amide bonds. The van der Waals surface area contributed by atoms with Gasteiger partial charge >= 0.3 is 6.09 Å². The highest BCUT2D eigenvalue weighted by molar-refractivity contribution is 7.89. The monoisotopic (exact) mass is 460 g/mol. The van der Waals surface area contributed by atoms with Crippen LogP contribution in [0, 0.1) is 5.92 Å². The molecule has 2 aromatic rings. The van der Waals surface area contributed by atoms with Gasteiger partial charge < -0.3 is 15.0 Å². The lowest BCUT2D eigenvalue weighted by molar-refractivity contribution is -0.135. The van der Waals surface area contributed by atoms with Crippen LogP contribution in [-0.4, -0.2) is 66.8 Å². The number of alkyl carbamates (subject to hydrolysis) is 1. The fourth-order valence-electron chi connectivity index (χ4n) is 3.40. The Bertz CT molecular complexity index is 1010. The van der Waals surface area contributed by atoms with Gasteiger partial charge in [-0.2, -0.15) is 4.31 Å². The fraction of sp³-hybridized carbons (Fsp3) is 0.409. The van der Waals surface area contributed by atoms with Gasteiger partial charge in [0.2, 0.25) is 15.9 Å². The van der Waals surface area contributed by atoms with Crippen molar-refractivity contribution in [2.45, 2.75) is 31.4 Å². The highest BCUT2D eigenvalue weighted by atomic mass is 32.2. The van der Waals surface area contributed by atoms with Gasteiger partial charge in [0.05, 0.1) is 0 Å². The van der Waals surface area contributed by atoms with Gasteiger partial charge in [0, 0.05) is 38.6 Å². The van der Waals surface area contributed by atoms with E-state index in [9.17, 15) is 18.0 Å². The third-order valence-electron chi connectivity index (χ3n) is 5.24. The summed E-state index contributed by atoms with van der Waals surface area (Å²) in [6, 6.07) is 11.6. The molecule has 1 aliphatic heterocycles. The van der Waals surface area contributed by atoms with Crippen molar-refractivity contribution in [2.75, 3.05) is 26.2 Å². The molecule has 1 fully saturated rings. The number of carbonyl (C=O) groups excluding carboxylic acids is 2. The summed E-state index contributed by atoms with van der Waals surface area (Å²) in [6.45, 7) is 4.60. The van der Waals surface area contributed by atoms with Gasteiger partial charge in [0.25, 0.3) is 0 Å². The van der Waals surface area contributed by atoms with Crippen LogP contribution >= 0.6 is 0 Å². The molecular formula is C22H28N4O5S. The number of amides is 2. The molecule has 1 aromatic carbocycles. The Morgan fingerprint density at radius 2 is 1.75 bits per heavy atom. The Hall–Kier alpha value is -2.98. The molecule has 2 heterocycles. The predicted molar refractivity (Wildman–Crippen MR) is 118 cm³/mol. The third kappa shape index (κ3) is 5.83. The summed E-state index contributed by atoms with van der Waals surface area (Å²) in [5.41, 5.74) is 0.848. The van der Waals surface area contributed by atoms with E-state index in [1.807, 2.05) is 44.2 Å². The molecule has 10 heteroatoms. The molecule has 0 radical (unpaired) electrons. The van der Waals surface area contributed by atoms with Crippen molar-refractivity contribution in [1.29, 1.82) is 0 Å². The summed E-state index contributed by atoms with van der Waals surface area (Å²) in [6.07, 6.45) is 2.16. The van der Waals surface area contributed by atoms with Crippen LogP contribution in [0.25, 0.3) is 0 Å². The smallest absolute Gasteiger partial charge is 0.408 e. The molecule has 9 nitrogen and oxygen atoms in total. The second kappa shape index (κ2) is 10.6. The molecule has 0 aliphatic carbocycles. The van der Waals surface area contributed by atoms with Gasteiger partial charge in [-0.15, -0.1) is 0 Å². The first-order chi connectivity index (χ1) is 15.3. The van der Waals surface area contributed by atoms with E-state index in [1.165, 1.54) is 22.8 Å². The number of benzene rings is 1. The van der Waals surface area contributed by atoms with E-state index < -0.39 is 22.2 Å². The Morgan fingerprint density at radius 1 is 1.06 bits per heavy atom. The summed E-state index contributed by atoms with van der Waals surface area (Å²) in [5.74, 6) is -0.418. The first-order valence-corrected chi connectivity index (χ1v) is 11.9. The van der Waals surface area contributed by atoms with Crippen molar-refractivity contribution in [3.8, 4) is 0 Å². The Balaban J connectivity index is 1.56. The van der Waals surface area contributed by atoms with E-state index in [0.717, 1.165) is 5.56 Å². The number of nitrogens with zero attached hydrogens (tertiary/aromatic N) is 3. The van der Waals surface area contributed by atoms with E-state index in [2.05, 4.69) is 10.3 Å². The minimum atomic E-state index is -3.66. The van der Waals surface area contributed by atoms with Crippen LogP contribution < -0.4 is 5.32 Å². The van der Waals surface area contributed by atoms with Crippen LogP contribution in [0.5, 0.6) is 0 Å². The molecule has 0 spiro atoms. The number of nitrogens with one attached hydrogen (secondary N) is 1. The van der Waals surface area contributed by atoms with Crippen molar-refractivity contribution in [3.63, 3.8) is 0 Å². The van der Waals surface area contributed by atoms with Crippen LogP contribution in [0.15, 0.2) is 59.8 Å². The van der Waals surface area contributed by atoms with Crippen molar-refractivity contribution in [3.05, 3.63) is 60.4 Å². The zero-order valence-corrected chi connectivity index (χ0v) is 19.0. The zero-order valence-electron chi connectivity index (χ0n) is 18.2. The lowest BCUT2D eigenvalue weighted by Gasteiger charge is -2.36. The first kappa shape index (κ1) is 23.7. The number of hydrogen-bond acceptors (Lipinski definition) is 6. The highest BCUT2D eigenvalue weighted by Crippen LogP contribution is 2.18. The summed E-state index contributed by atoms with van der Waals surface area (Å²) in [7, 11) is -3.66. The molecule has 3 rings (SSSR count). The maximum atomic E-state index is 13.1. The van der Waals surface area contributed by atoms with Crippen LogP contribution in [0.2, 0.25) is 0 Å². The number of piperazine rings is 1. The Kier molecular flexibility index (Phi) is 7.81. The fourth-order valence-corrected chi connectivity index (χ4v) is 4.79. The van der Waals surface area contributed by atoms with E-state index in [4.69, 9.17) is 4.74 Å². The molecule has 32 heavy (non-hydrogen) atoms. The Morgan fingerprint density at radius 3 is 2.34 bits per heavy atom. The van der Waals surface area contributed by atoms with Crippen molar-refractivity contribution >= 4 is 22.0 Å². The topological polar surface area (TPSA) is 109 Å². The van der Waals surface area contributed by atoms with E-state index in [0.29, 0.717) is 0 Å². The van der Waals surface area contributed by atoms with Crippen LogP contribution in [0.1, 0.15) is 19.4 Å². The quantitative estimate of drug-likeness (QED) is 0.676. The minimum Gasteiger partial charge on any atom is -0.445 e. The van der Waals surface area contributed by atoms with Crippen molar-refractivity contribution in [2.24, 2.45) is 5.92 Å². The highest BCUT2D eigenvalue weighted by Gasteiger charge is 2.34. The van der Waals surface area contributed by atoms with Crippen LogP contribution in [0.3, 0.4) is 0 Å². The summed E-state index contributed by atoms with van der Waals surface area (Å²) in [5, 5.41) is 2.66. The number of carbonyl (C=O) groups is 2. The number of hydrogen-bond donors (Lipinski definition) is 1. The maximum absolute atomic E-state index is 13.1. The Labute approximate surface area is 188 Å². The number of ether oxygens (including phenoxy) is 1. The molecule has 0 unspecified atom stereocenters. The number of sulfonamides is 1. The molecule has 1 N–H and O–H groups in total. The first-order valence-electron chi connectivity index (χ1n) is 10.4. The van der Waals surface area contributed by atoms with Gasteiger partial charge in [-0.05, 0) is 23.6 Å². The zero-order chi connectivity index (χ0) is 23.1. The normalized spacial score (nSPS) is 15.9. The molecule has 172 valence electrons. The van der Waals surface area contributed by atoms with Crippen LogP contribution in [-0.2, 0) is 26.2 Å². The largest absolute Gasteiger partial charge is 0.445 e. The minimum absolute atomic E-state index is 0.108. The van der Waals surface area contributed by atoms with Gasteiger partial charge in [0.1, 0.15) is 17.5 Å².